The zero-order chi connectivity index (χ0) is 82.7. The van der Waals surface area contributed by atoms with Crippen molar-refractivity contribution in [3.8, 4) is 68.7 Å². The number of halogens is 2. The maximum atomic E-state index is 12.8. The van der Waals surface area contributed by atoms with Crippen LogP contribution in [0, 0.1) is 109 Å². The van der Waals surface area contributed by atoms with Gasteiger partial charge >= 0.3 is 21.1 Å². The average Bonchev–Trinajstić information content (AvgIpc) is 1.65. The second-order valence-corrected chi connectivity index (χ2v) is 26.3. The Balaban J connectivity index is 0.000000247. The molecule has 0 aliphatic heterocycles. The van der Waals surface area contributed by atoms with Crippen molar-refractivity contribution in [1.82, 2.24) is 103 Å². The second-order valence-electron chi connectivity index (χ2n) is 26.3. The van der Waals surface area contributed by atoms with E-state index >= 15 is 0 Å². The number of hydrogen-bond donors (Lipinski definition) is 0. The Morgan fingerprint density at radius 2 is 0.782 bits per heavy atom. The number of aryl methyl sites for hydroxylation is 5. The van der Waals surface area contributed by atoms with Gasteiger partial charge in [-0.2, -0.15) is 0 Å². The first-order valence-corrected chi connectivity index (χ1v) is 37.1. The van der Waals surface area contributed by atoms with Gasteiger partial charge < -0.3 is 77.5 Å². The first-order valence-electron chi connectivity index (χ1n) is 37.1. The monoisotopic (exact) mass is 2710 g/mol. The first kappa shape index (κ1) is 103. The van der Waals surface area contributed by atoms with Crippen molar-refractivity contribution < 1.29 is 130 Å². The molecule has 29 heteroatoms. The average molecular weight is 2710 g/mol. The Labute approximate surface area is 803 Å². The number of nitrogens with zero attached hydrogens (tertiary/aromatic N) is 21. The van der Waals surface area contributed by atoms with Crippen LogP contribution in [-0.4, -0.2) is 103 Å². The SMILES string of the molecule is CC(C)(C)c1c[c-]n(-c2ccccn2)n1.Cc1c2ncccc2[c-]n1-c1ccccn1.Cc1c[c-]n(-c2ccccn2)n1.Cc1cn(-c2ccccn2)[c-]n1.Cc1n[c-]n(-c2ccccn2)c1C.Cc1nc[c-]n1-c1ccccn1.Fc1c[c-]c(-c2ccccn2)cc1F.[Ir].[Ir].[Ir].[Ir].[Ir].[Pt+2].[c-]1ccccc1-c1ccccn1.[c-]1ccccc1-c1ccccn1. The van der Waals surface area contributed by atoms with Gasteiger partial charge in [-0.25, -0.2) is 4.39 Å². The van der Waals surface area contributed by atoms with Crippen molar-refractivity contribution >= 4 is 10.9 Å². The minimum absolute atomic E-state index is 0. The van der Waals surface area contributed by atoms with Gasteiger partial charge in [0.2, 0.25) is 0 Å². The van der Waals surface area contributed by atoms with Crippen LogP contribution >= 0.6 is 0 Å². The quantitative estimate of drug-likeness (QED) is 0.123. The number of imidazole rings is 3. The van der Waals surface area contributed by atoms with E-state index in [1.807, 2.05) is 280 Å². The Morgan fingerprint density at radius 1 is 0.347 bits per heavy atom. The normalized spacial score (nSPS) is 9.83. The van der Waals surface area contributed by atoms with Gasteiger partial charge in [0.1, 0.15) is 0 Å². The van der Waals surface area contributed by atoms with E-state index < -0.39 is 11.6 Å². The fraction of sp³-hybridized carbons (Fsp3) is 0.105. The van der Waals surface area contributed by atoms with Crippen LogP contribution in [-0.2, 0) is 127 Å². The molecule has 16 heterocycles. The van der Waals surface area contributed by atoms with Crippen LogP contribution in [0.25, 0.3) is 79.6 Å². The van der Waals surface area contributed by atoms with E-state index in [1.165, 1.54) is 0 Å². The third kappa shape index (κ3) is 31.7. The maximum Gasteiger partial charge on any atom is 2.00 e. The van der Waals surface area contributed by atoms with Crippen molar-refractivity contribution in [2.24, 2.45) is 0 Å². The predicted molar refractivity (Wildman–Crippen MR) is 451 cm³/mol. The van der Waals surface area contributed by atoms with Gasteiger partial charge in [0.05, 0.1) is 40.7 Å². The molecule has 0 saturated carbocycles. The topological polar surface area (TPSA) is 223 Å². The van der Waals surface area contributed by atoms with Crippen LogP contribution in [0.15, 0.2) is 323 Å². The second kappa shape index (κ2) is 54.2. The molecule has 19 aromatic rings. The molecule has 16 aromatic heterocycles. The molecule has 5 radical (unpaired) electrons. The van der Waals surface area contributed by atoms with Gasteiger partial charge in [-0.3, -0.25) is 29.5 Å². The minimum atomic E-state index is -0.898. The number of rotatable bonds is 9. The zero-order valence-electron chi connectivity index (χ0n) is 68.2. The molecule has 641 valence electrons. The van der Waals surface area contributed by atoms with Crippen LogP contribution in [0.2, 0.25) is 0 Å². The molecule has 124 heavy (non-hydrogen) atoms. The van der Waals surface area contributed by atoms with Gasteiger partial charge in [-0.05, 0) is 106 Å². The van der Waals surface area contributed by atoms with E-state index in [4.69, 9.17) is 0 Å². The number of pyridine rings is 10. The third-order valence-electron chi connectivity index (χ3n) is 16.6. The maximum absolute atomic E-state index is 12.8. The minimum Gasteiger partial charge on any atom is -0.451 e. The van der Waals surface area contributed by atoms with Crippen LogP contribution in [0.4, 0.5) is 8.78 Å². The zero-order valence-corrected chi connectivity index (χ0v) is 82.5. The third-order valence-corrected chi connectivity index (χ3v) is 16.6. The van der Waals surface area contributed by atoms with Crippen LogP contribution in [0.1, 0.15) is 60.8 Å². The fourth-order valence-electron chi connectivity index (χ4n) is 10.5. The molecule has 0 amide bonds. The number of aromatic nitrogens is 21. The smallest absolute Gasteiger partial charge is 0.451 e. The molecule has 21 nitrogen and oxygen atoms in total. The summed E-state index contributed by atoms with van der Waals surface area (Å²) in [6.07, 6.45) is 39.0. The summed E-state index contributed by atoms with van der Waals surface area (Å²) in [5.74, 6) is 4.14. The molecule has 0 N–H and O–H groups in total. The standard InChI is InChI=1S/C13H10N3.C12H14N3.C11H6F2N.2C11H8N.C10H10N3.3C9H8N3.5Ir.Pt/c1-10-13-11(5-4-8-15-13)9-16(10)12-6-2-3-7-14-12;1-12(2,3)10-7-9-15(14-10)11-6-4-5-8-13-11;12-9-5-4-8(7-10(9)13)11-3-1-2-6-14-11;2*1-2-6-10(7-3-1)11-8-4-5-9-12-11;1-8-9(2)13(7-12-8)10-5-3-4-6-11-10;1-8-5-7-12(11-8)9-4-2-3-6-10-9;1-8-6-12(7-11-8)9-4-2-3-5-10-9;1-8-10-6-7-12(8)9-4-2-3-5-11-9;;;;;;/h2-8H,1H3;4-8H,1-3H3;1-3,5-7H;2*1-6,8-9H;3-6H,1-2H3;3*2-6H,1H3;;;;;;/q9*-1;;;;;;+2. The van der Waals surface area contributed by atoms with Crippen molar-refractivity contribution in [2.45, 2.75) is 67.7 Å². The molecule has 0 unspecified atom stereocenters. The number of fused-ring (bicyclic) bond motifs is 1. The van der Waals surface area contributed by atoms with Gasteiger partial charge in [-0.1, -0.05) is 231 Å². The summed E-state index contributed by atoms with van der Waals surface area (Å²) < 4.78 is 36.1. The molecule has 19 rings (SSSR count). The van der Waals surface area contributed by atoms with Gasteiger partial charge in [0.25, 0.3) is 0 Å². The van der Waals surface area contributed by atoms with Crippen LogP contribution < -0.4 is 0 Å². The van der Waals surface area contributed by atoms with E-state index in [9.17, 15) is 8.78 Å². The number of hydrogen-bond acceptors (Lipinski definition) is 15. The van der Waals surface area contributed by atoms with Crippen molar-refractivity contribution in [1.29, 1.82) is 0 Å². The Bertz CT molecular complexity index is 5870. The molecule has 0 fully saturated rings. The van der Waals surface area contributed by atoms with Gasteiger partial charge in [0, 0.05) is 187 Å². The van der Waals surface area contributed by atoms with E-state index in [1.54, 1.807) is 100 Å². The first-order chi connectivity index (χ1) is 57.5. The van der Waals surface area contributed by atoms with Crippen LogP contribution in [0.3, 0.4) is 0 Å². The molecule has 0 aliphatic rings. The summed E-state index contributed by atoms with van der Waals surface area (Å²) in [5, 5.41) is 9.65. The molecule has 0 atom stereocenters. The largest absolute Gasteiger partial charge is 2.00 e. The fourth-order valence-corrected chi connectivity index (χ4v) is 10.5. The summed E-state index contributed by atoms with van der Waals surface area (Å²) in [6.45, 7) is 18.2. The molecule has 0 spiro atoms. The van der Waals surface area contributed by atoms with E-state index in [0.29, 0.717) is 11.3 Å². The van der Waals surface area contributed by atoms with E-state index in [-0.39, 0.29) is 127 Å². The summed E-state index contributed by atoms with van der Waals surface area (Å²) in [6, 6.07) is 85.7. The molecule has 0 saturated heterocycles. The van der Waals surface area contributed by atoms with Gasteiger partial charge in [-0.15, -0.1) is 114 Å². The summed E-state index contributed by atoms with van der Waals surface area (Å²) >= 11 is 0. The molecule has 0 bridgehead atoms. The molecular weight excluding hydrogens is 2630 g/mol. The van der Waals surface area contributed by atoms with E-state index in [2.05, 4.69) is 151 Å². The summed E-state index contributed by atoms with van der Waals surface area (Å²) in [7, 11) is 0. The van der Waals surface area contributed by atoms with Crippen LogP contribution in [0.5, 0.6) is 0 Å². The Kier molecular flexibility index (Phi) is 45.1. The van der Waals surface area contributed by atoms with Crippen molar-refractivity contribution in [3.63, 3.8) is 0 Å². The Morgan fingerprint density at radius 3 is 1.16 bits per heavy atom. The predicted octanol–water partition coefficient (Wildman–Crippen LogP) is 18.6. The molecular formula is C95H80F2Ir5N21Pt-7. The van der Waals surface area contributed by atoms with Crippen molar-refractivity contribution in [3.05, 3.63) is 430 Å². The molecule has 3 aromatic carbocycles. The molecule has 0 aliphatic carbocycles. The van der Waals surface area contributed by atoms with E-state index in [0.717, 1.165) is 120 Å². The number of benzene rings is 3. The Hall–Kier alpha value is -11.5. The van der Waals surface area contributed by atoms with Gasteiger partial charge in [0.15, 0.2) is 0 Å². The van der Waals surface area contributed by atoms with Crippen molar-refractivity contribution in [2.75, 3.05) is 0 Å². The summed E-state index contributed by atoms with van der Waals surface area (Å²) in [4.78, 5) is 54.1. The summed E-state index contributed by atoms with van der Waals surface area (Å²) in [5.41, 5.74) is 12.1.